The van der Waals surface area contributed by atoms with Crippen LogP contribution in [0.5, 0.6) is 0 Å². The van der Waals surface area contributed by atoms with E-state index in [-0.39, 0.29) is 18.3 Å². The van der Waals surface area contributed by atoms with Crippen molar-refractivity contribution in [1.29, 1.82) is 0 Å². The van der Waals surface area contributed by atoms with E-state index in [2.05, 4.69) is 11.2 Å². The molecular weight excluding hydrogens is 319 g/mol. The maximum Gasteiger partial charge on any atom is 0.250 e. The Bertz CT molecular complexity index is 721. The molecule has 2 rings (SSSR count). The third-order valence-electron chi connectivity index (χ3n) is 3.52. The fraction of sp³-hybridized carbons (Fsp3) is 0.250. The number of benzene rings is 2. The van der Waals surface area contributed by atoms with Crippen molar-refractivity contribution in [2.75, 3.05) is 30.0 Å². The predicted octanol–water partition coefficient (Wildman–Crippen LogP) is 3.44. The minimum atomic E-state index is -0.264. The molecule has 2 aromatic rings. The van der Waals surface area contributed by atoms with E-state index in [0.717, 1.165) is 11.3 Å². The van der Waals surface area contributed by atoms with E-state index in [4.69, 9.17) is 11.2 Å². The highest BCUT2D eigenvalue weighted by atomic mass is 19.1. The monoisotopic (exact) mass is 340 g/mol. The van der Waals surface area contributed by atoms with Crippen molar-refractivity contribution >= 4 is 17.3 Å². The van der Waals surface area contributed by atoms with Crippen LogP contribution in [0.1, 0.15) is 12.5 Å². The summed E-state index contributed by atoms with van der Waals surface area (Å²) >= 11 is 0. The van der Waals surface area contributed by atoms with Gasteiger partial charge < -0.3 is 15.0 Å². The van der Waals surface area contributed by atoms with E-state index in [1.165, 1.54) is 12.1 Å². The number of hydrogen-bond acceptors (Lipinski definition) is 3. The summed E-state index contributed by atoms with van der Waals surface area (Å²) in [6, 6.07) is 13.7. The lowest BCUT2D eigenvalue weighted by Gasteiger charge is -2.23. The zero-order chi connectivity index (χ0) is 18.1. The van der Waals surface area contributed by atoms with Crippen LogP contribution in [0, 0.1) is 18.2 Å². The molecule has 0 aliphatic rings. The molecular formula is C20H21FN2O2. The second-order valence-electron chi connectivity index (χ2n) is 5.42. The molecule has 1 N–H and O–H groups in total. The Kier molecular flexibility index (Phi) is 7.00. The lowest BCUT2D eigenvalue weighted by molar-refractivity contribution is -0.120. The average Bonchev–Trinajstić information content (AvgIpc) is 2.62. The van der Waals surface area contributed by atoms with Crippen molar-refractivity contribution in [1.82, 2.24) is 0 Å². The first kappa shape index (κ1) is 18.5. The van der Waals surface area contributed by atoms with Crippen LogP contribution in [0.4, 0.5) is 15.8 Å². The highest BCUT2D eigenvalue weighted by Crippen LogP contribution is 2.20. The molecule has 0 unspecified atom stereocenters. The summed E-state index contributed by atoms with van der Waals surface area (Å²) in [5.74, 6) is 2.18. The van der Waals surface area contributed by atoms with Gasteiger partial charge in [0.2, 0.25) is 5.91 Å². The first-order valence-electron chi connectivity index (χ1n) is 8.03. The topological polar surface area (TPSA) is 41.6 Å². The van der Waals surface area contributed by atoms with E-state index >= 15 is 0 Å². The minimum Gasteiger partial charge on any atom is -0.372 e. The van der Waals surface area contributed by atoms with Gasteiger partial charge in [-0.2, -0.15) is 0 Å². The second kappa shape index (κ2) is 9.45. The number of rotatable bonds is 8. The zero-order valence-electron chi connectivity index (χ0n) is 14.2. The van der Waals surface area contributed by atoms with E-state index < -0.39 is 0 Å². The Morgan fingerprint density at radius 3 is 2.48 bits per heavy atom. The zero-order valence-corrected chi connectivity index (χ0v) is 14.2. The number of nitrogens with zero attached hydrogens (tertiary/aromatic N) is 1. The molecule has 0 spiro atoms. The van der Waals surface area contributed by atoms with Gasteiger partial charge in [-0.1, -0.05) is 18.1 Å². The number of halogens is 1. The van der Waals surface area contributed by atoms with E-state index in [0.29, 0.717) is 25.4 Å². The van der Waals surface area contributed by atoms with Crippen LogP contribution in [-0.2, 0) is 16.1 Å². The first-order valence-corrected chi connectivity index (χ1v) is 8.03. The Balaban J connectivity index is 2.04. The normalized spacial score (nSPS) is 10.1. The molecule has 0 fully saturated rings. The summed E-state index contributed by atoms with van der Waals surface area (Å²) < 4.78 is 18.1. The van der Waals surface area contributed by atoms with Crippen molar-refractivity contribution in [3.8, 4) is 12.3 Å². The molecule has 5 heteroatoms. The van der Waals surface area contributed by atoms with Gasteiger partial charge >= 0.3 is 0 Å². The predicted molar refractivity (Wildman–Crippen MR) is 97.8 cm³/mol. The van der Waals surface area contributed by atoms with E-state index in [1.54, 1.807) is 12.1 Å². The largest absolute Gasteiger partial charge is 0.372 e. The van der Waals surface area contributed by atoms with Gasteiger partial charge in [-0.15, -0.1) is 6.42 Å². The third kappa shape index (κ3) is 5.94. The molecule has 2 aromatic carbocycles. The van der Waals surface area contributed by atoms with E-state index in [1.807, 2.05) is 36.1 Å². The Hall–Kier alpha value is -2.84. The van der Waals surface area contributed by atoms with Gasteiger partial charge in [-0.05, 0) is 48.9 Å². The number of ether oxygens (including phenoxy) is 1. The molecule has 4 nitrogen and oxygen atoms in total. The standard InChI is InChI=1S/C20H21FN2O2/c1-3-13-23(14-16-5-7-17(21)8-6-16)19-11-9-18(10-12-19)22-20(24)15-25-4-2/h1,5-12H,4,13-15H2,2H3,(H,22,24). The van der Waals surface area contributed by atoms with Crippen molar-refractivity contribution < 1.29 is 13.9 Å². The van der Waals surface area contributed by atoms with Crippen LogP contribution in [0.3, 0.4) is 0 Å². The van der Waals surface area contributed by atoms with Crippen molar-refractivity contribution in [3.63, 3.8) is 0 Å². The molecule has 25 heavy (non-hydrogen) atoms. The summed E-state index contributed by atoms with van der Waals surface area (Å²) in [6.07, 6.45) is 5.46. The lowest BCUT2D eigenvalue weighted by Crippen LogP contribution is -2.23. The van der Waals surface area contributed by atoms with Gasteiger partial charge in [0.05, 0.1) is 6.54 Å². The number of carbonyl (C=O) groups is 1. The molecule has 0 heterocycles. The molecule has 0 saturated carbocycles. The lowest BCUT2D eigenvalue weighted by atomic mass is 10.2. The maximum absolute atomic E-state index is 13.0. The number of carbonyl (C=O) groups excluding carboxylic acids is 1. The fourth-order valence-corrected chi connectivity index (χ4v) is 2.31. The van der Waals surface area contributed by atoms with Gasteiger partial charge in [-0.3, -0.25) is 4.79 Å². The molecule has 0 atom stereocenters. The second-order valence-corrected chi connectivity index (χ2v) is 5.42. The van der Waals surface area contributed by atoms with E-state index in [9.17, 15) is 9.18 Å². The molecule has 0 bridgehead atoms. The Labute approximate surface area is 147 Å². The van der Waals surface area contributed by atoms with Gasteiger partial charge in [0.15, 0.2) is 0 Å². The Morgan fingerprint density at radius 1 is 1.20 bits per heavy atom. The fourth-order valence-electron chi connectivity index (χ4n) is 2.31. The van der Waals surface area contributed by atoms with Crippen LogP contribution in [0.25, 0.3) is 0 Å². The number of nitrogens with one attached hydrogen (secondary N) is 1. The number of amides is 1. The van der Waals surface area contributed by atoms with Crippen LogP contribution in [-0.4, -0.2) is 25.7 Å². The number of anilines is 2. The molecule has 1 amide bonds. The molecule has 0 aromatic heterocycles. The average molecular weight is 340 g/mol. The highest BCUT2D eigenvalue weighted by molar-refractivity contribution is 5.91. The van der Waals surface area contributed by atoms with Crippen molar-refractivity contribution in [3.05, 3.63) is 59.9 Å². The maximum atomic E-state index is 13.0. The summed E-state index contributed by atoms with van der Waals surface area (Å²) in [5, 5.41) is 2.77. The van der Waals surface area contributed by atoms with Crippen molar-refractivity contribution in [2.45, 2.75) is 13.5 Å². The van der Waals surface area contributed by atoms with Crippen LogP contribution in [0.2, 0.25) is 0 Å². The highest BCUT2D eigenvalue weighted by Gasteiger charge is 2.08. The molecule has 130 valence electrons. The number of hydrogen-bond donors (Lipinski definition) is 1. The summed E-state index contributed by atoms with van der Waals surface area (Å²) in [5.41, 5.74) is 2.58. The summed E-state index contributed by atoms with van der Waals surface area (Å²) in [4.78, 5) is 13.7. The smallest absolute Gasteiger partial charge is 0.250 e. The van der Waals surface area contributed by atoms with Gasteiger partial charge in [0.1, 0.15) is 12.4 Å². The van der Waals surface area contributed by atoms with Gasteiger partial charge in [-0.25, -0.2) is 4.39 Å². The number of terminal acetylenes is 1. The summed E-state index contributed by atoms with van der Waals surface area (Å²) in [6.45, 7) is 3.36. The third-order valence-corrected chi connectivity index (χ3v) is 3.52. The van der Waals surface area contributed by atoms with Crippen LogP contribution < -0.4 is 10.2 Å². The molecule has 0 aliphatic heterocycles. The van der Waals surface area contributed by atoms with Crippen LogP contribution >= 0.6 is 0 Å². The van der Waals surface area contributed by atoms with Gasteiger partial charge in [0.25, 0.3) is 0 Å². The quantitative estimate of drug-likeness (QED) is 0.749. The molecule has 0 saturated heterocycles. The minimum absolute atomic E-state index is 0.0338. The molecule has 0 radical (unpaired) electrons. The van der Waals surface area contributed by atoms with Crippen molar-refractivity contribution in [2.24, 2.45) is 0 Å². The molecule has 0 aliphatic carbocycles. The summed E-state index contributed by atoms with van der Waals surface area (Å²) in [7, 11) is 0. The van der Waals surface area contributed by atoms with Gasteiger partial charge in [0, 0.05) is 24.5 Å². The first-order chi connectivity index (χ1) is 12.1. The SMILES string of the molecule is C#CCN(Cc1ccc(F)cc1)c1ccc(NC(=O)COCC)cc1. The van der Waals surface area contributed by atoms with Crippen LogP contribution in [0.15, 0.2) is 48.5 Å². The Morgan fingerprint density at radius 2 is 1.88 bits per heavy atom.